The molecule has 0 bridgehead atoms. The first kappa shape index (κ1) is 16.1. The van der Waals surface area contributed by atoms with Gasteiger partial charge in [-0.3, -0.25) is 4.79 Å². The van der Waals surface area contributed by atoms with E-state index in [2.05, 4.69) is 4.90 Å². The van der Waals surface area contributed by atoms with Crippen LogP contribution < -0.4 is 14.4 Å². The van der Waals surface area contributed by atoms with Crippen LogP contribution in [0.2, 0.25) is 0 Å². The Bertz CT molecular complexity index is 570. The number of carbonyl (C=O) groups is 1. The molecule has 0 spiro atoms. The minimum Gasteiger partial charge on any atom is -0.490 e. The number of hydrogen-bond acceptors (Lipinski definition) is 5. The van der Waals surface area contributed by atoms with Crippen LogP contribution in [-0.4, -0.2) is 55.3 Å². The zero-order valence-electron chi connectivity index (χ0n) is 13.6. The summed E-state index contributed by atoms with van der Waals surface area (Å²) in [5, 5.41) is 9.48. The third-order valence-electron chi connectivity index (χ3n) is 4.35. The number of benzene rings is 1. The highest BCUT2D eigenvalue weighted by molar-refractivity contribution is 5.98. The van der Waals surface area contributed by atoms with Crippen molar-refractivity contribution in [3.8, 4) is 11.5 Å². The molecule has 2 aliphatic rings. The molecule has 0 atom stereocenters. The van der Waals surface area contributed by atoms with Crippen LogP contribution in [0, 0.1) is 0 Å². The van der Waals surface area contributed by atoms with Crippen molar-refractivity contribution in [3.63, 3.8) is 0 Å². The lowest BCUT2D eigenvalue weighted by molar-refractivity contribution is -0.121. The largest absolute Gasteiger partial charge is 0.490 e. The summed E-state index contributed by atoms with van der Waals surface area (Å²) in [5.74, 6) is 1.15. The summed E-state index contributed by atoms with van der Waals surface area (Å²) in [5.41, 5.74) is 1.42. The van der Waals surface area contributed by atoms with Crippen molar-refractivity contribution >= 4 is 11.6 Å². The predicted octanol–water partition coefficient (Wildman–Crippen LogP) is 1.40. The molecule has 1 amide bonds. The van der Waals surface area contributed by atoms with Gasteiger partial charge in [0.05, 0.1) is 18.9 Å². The standard InChI is InChI=1S/C17H24N2O4/c1-2-22-15-10-13(11-20)9-14-17(15)23-12-16(21)19(14)8-7-18-5-3-4-6-18/h9-10,20H,2-8,11-12H2,1H3. The summed E-state index contributed by atoms with van der Waals surface area (Å²) < 4.78 is 11.2. The van der Waals surface area contributed by atoms with Gasteiger partial charge in [-0.2, -0.15) is 0 Å². The molecule has 23 heavy (non-hydrogen) atoms. The predicted molar refractivity (Wildman–Crippen MR) is 87.1 cm³/mol. The number of fused-ring (bicyclic) bond motifs is 1. The zero-order valence-corrected chi connectivity index (χ0v) is 13.6. The van der Waals surface area contributed by atoms with E-state index in [1.165, 1.54) is 12.8 Å². The maximum Gasteiger partial charge on any atom is 0.265 e. The van der Waals surface area contributed by atoms with E-state index in [0.29, 0.717) is 30.3 Å². The molecule has 0 aromatic heterocycles. The molecule has 6 nitrogen and oxygen atoms in total. The molecule has 1 fully saturated rings. The smallest absolute Gasteiger partial charge is 0.265 e. The van der Waals surface area contributed by atoms with E-state index in [9.17, 15) is 9.90 Å². The third-order valence-corrected chi connectivity index (χ3v) is 4.35. The lowest BCUT2D eigenvalue weighted by atomic mass is 10.1. The highest BCUT2D eigenvalue weighted by Gasteiger charge is 2.29. The molecular formula is C17H24N2O4. The number of carbonyl (C=O) groups excluding carboxylic acids is 1. The minimum atomic E-state index is -0.0957. The molecule has 1 N–H and O–H groups in total. The van der Waals surface area contributed by atoms with Crippen molar-refractivity contribution in [1.82, 2.24) is 4.90 Å². The quantitative estimate of drug-likeness (QED) is 0.858. The average molecular weight is 320 g/mol. The van der Waals surface area contributed by atoms with Crippen molar-refractivity contribution < 1.29 is 19.4 Å². The van der Waals surface area contributed by atoms with Gasteiger partial charge in [-0.05, 0) is 50.6 Å². The lowest BCUT2D eigenvalue weighted by Crippen LogP contribution is -2.43. The number of aliphatic hydroxyl groups excluding tert-OH is 1. The second kappa shape index (κ2) is 7.19. The van der Waals surface area contributed by atoms with Crippen LogP contribution in [0.3, 0.4) is 0 Å². The second-order valence-corrected chi connectivity index (χ2v) is 5.92. The second-order valence-electron chi connectivity index (χ2n) is 5.92. The number of rotatable bonds is 6. The van der Waals surface area contributed by atoms with Crippen LogP contribution in [-0.2, 0) is 11.4 Å². The molecule has 1 aromatic carbocycles. The normalized spacial score (nSPS) is 18.0. The highest BCUT2D eigenvalue weighted by Crippen LogP contribution is 2.41. The van der Waals surface area contributed by atoms with E-state index in [4.69, 9.17) is 9.47 Å². The van der Waals surface area contributed by atoms with Crippen molar-refractivity contribution in [3.05, 3.63) is 17.7 Å². The van der Waals surface area contributed by atoms with Crippen LogP contribution in [0.15, 0.2) is 12.1 Å². The van der Waals surface area contributed by atoms with Gasteiger partial charge in [-0.15, -0.1) is 0 Å². The Hall–Kier alpha value is -1.79. The summed E-state index contributed by atoms with van der Waals surface area (Å²) in [6, 6.07) is 3.59. The maximum absolute atomic E-state index is 12.3. The van der Waals surface area contributed by atoms with Crippen molar-refractivity contribution in [2.45, 2.75) is 26.4 Å². The SMILES string of the molecule is CCOc1cc(CO)cc2c1OCC(=O)N2CCN1CCCC1. The van der Waals surface area contributed by atoms with Crippen LogP contribution in [0.5, 0.6) is 11.5 Å². The Morgan fingerprint density at radius 1 is 1.26 bits per heavy atom. The molecular weight excluding hydrogens is 296 g/mol. The first-order valence-corrected chi connectivity index (χ1v) is 8.29. The molecule has 0 radical (unpaired) electrons. The van der Waals surface area contributed by atoms with E-state index in [1.807, 2.05) is 13.0 Å². The van der Waals surface area contributed by atoms with Gasteiger partial charge >= 0.3 is 0 Å². The molecule has 2 aliphatic heterocycles. The number of amides is 1. The Morgan fingerprint density at radius 2 is 2.04 bits per heavy atom. The molecule has 0 unspecified atom stereocenters. The van der Waals surface area contributed by atoms with Gasteiger partial charge in [0.15, 0.2) is 18.1 Å². The van der Waals surface area contributed by atoms with Gasteiger partial charge in [-0.25, -0.2) is 0 Å². The molecule has 2 heterocycles. The summed E-state index contributed by atoms with van der Waals surface area (Å²) in [7, 11) is 0. The van der Waals surface area contributed by atoms with Crippen molar-refractivity contribution in [1.29, 1.82) is 0 Å². The van der Waals surface area contributed by atoms with Gasteiger partial charge in [0.2, 0.25) is 0 Å². The number of ether oxygens (including phenoxy) is 2. The lowest BCUT2D eigenvalue weighted by Gasteiger charge is -2.32. The van der Waals surface area contributed by atoms with E-state index >= 15 is 0 Å². The number of anilines is 1. The van der Waals surface area contributed by atoms with Gasteiger partial charge in [0.25, 0.3) is 5.91 Å². The third kappa shape index (κ3) is 3.43. The monoisotopic (exact) mass is 320 g/mol. The maximum atomic E-state index is 12.3. The summed E-state index contributed by atoms with van der Waals surface area (Å²) in [6.07, 6.45) is 2.47. The van der Waals surface area contributed by atoms with Crippen LogP contribution >= 0.6 is 0 Å². The summed E-state index contributed by atoms with van der Waals surface area (Å²) >= 11 is 0. The van der Waals surface area contributed by atoms with Crippen molar-refractivity contribution in [2.75, 3.05) is 44.3 Å². The minimum absolute atomic E-state index is 0.0333. The fourth-order valence-corrected chi connectivity index (χ4v) is 3.18. The number of nitrogens with zero attached hydrogens (tertiary/aromatic N) is 2. The fourth-order valence-electron chi connectivity index (χ4n) is 3.18. The molecule has 1 saturated heterocycles. The van der Waals surface area contributed by atoms with Gasteiger partial charge in [0, 0.05) is 13.1 Å². The van der Waals surface area contributed by atoms with Crippen molar-refractivity contribution in [2.24, 2.45) is 0 Å². The molecule has 126 valence electrons. The topological polar surface area (TPSA) is 62.2 Å². The Morgan fingerprint density at radius 3 is 2.74 bits per heavy atom. The van der Waals surface area contributed by atoms with Crippen LogP contribution in [0.4, 0.5) is 5.69 Å². The highest BCUT2D eigenvalue weighted by atomic mass is 16.5. The first-order chi connectivity index (χ1) is 11.2. The first-order valence-electron chi connectivity index (χ1n) is 8.29. The number of aliphatic hydroxyl groups is 1. The van der Waals surface area contributed by atoms with E-state index in [-0.39, 0.29) is 19.1 Å². The molecule has 1 aromatic rings. The van der Waals surface area contributed by atoms with Gasteiger partial charge in [-0.1, -0.05) is 0 Å². The summed E-state index contributed by atoms with van der Waals surface area (Å²) in [4.78, 5) is 16.4. The van der Waals surface area contributed by atoms with Gasteiger partial charge < -0.3 is 24.4 Å². The Balaban J connectivity index is 1.86. The Labute approximate surface area is 136 Å². The Kier molecular flexibility index (Phi) is 5.03. The fraction of sp³-hybridized carbons (Fsp3) is 0.588. The number of likely N-dealkylation sites (tertiary alicyclic amines) is 1. The molecule has 0 saturated carbocycles. The molecule has 0 aliphatic carbocycles. The summed E-state index contributed by atoms with van der Waals surface area (Å²) in [6.45, 7) is 6.04. The van der Waals surface area contributed by atoms with Crippen LogP contribution in [0.25, 0.3) is 0 Å². The molecule has 6 heteroatoms. The van der Waals surface area contributed by atoms with Gasteiger partial charge in [0.1, 0.15) is 0 Å². The van der Waals surface area contributed by atoms with Crippen LogP contribution in [0.1, 0.15) is 25.3 Å². The zero-order chi connectivity index (χ0) is 16.2. The average Bonchev–Trinajstić information content (AvgIpc) is 3.07. The number of hydrogen-bond donors (Lipinski definition) is 1. The molecule has 3 rings (SSSR count). The van der Waals surface area contributed by atoms with E-state index < -0.39 is 0 Å². The van der Waals surface area contributed by atoms with E-state index in [0.717, 1.165) is 25.2 Å². The van der Waals surface area contributed by atoms with E-state index in [1.54, 1.807) is 11.0 Å².